The molecule has 1 fully saturated rings. The summed E-state index contributed by atoms with van der Waals surface area (Å²) >= 11 is 0. The molecule has 1 atom stereocenters. The smallest absolute Gasteiger partial charge is 0.409 e. The summed E-state index contributed by atoms with van der Waals surface area (Å²) in [5.74, 6) is 0. The van der Waals surface area contributed by atoms with Gasteiger partial charge in [0.25, 0.3) is 0 Å². The second-order valence-corrected chi connectivity index (χ2v) is 5.96. The molecule has 1 aromatic heterocycles. The normalized spacial score (nSPS) is 18.0. The molecule has 6 nitrogen and oxygen atoms in total. The van der Waals surface area contributed by atoms with E-state index < -0.39 is 0 Å². The van der Waals surface area contributed by atoms with Gasteiger partial charge in [-0.1, -0.05) is 0 Å². The van der Waals surface area contributed by atoms with Gasteiger partial charge < -0.3 is 15.0 Å². The molecule has 1 aliphatic rings. The number of aryl methyl sites for hydroxylation is 2. The Kier molecular flexibility index (Phi) is 5.83. The summed E-state index contributed by atoms with van der Waals surface area (Å²) in [6.45, 7) is 12.0. The van der Waals surface area contributed by atoms with E-state index in [0.29, 0.717) is 12.6 Å². The zero-order valence-corrected chi connectivity index (χ0v) is 14.2. The van der Waals surface area contributed by atoms with Crippen molar-refractivity contribution in [2.24, 2.45) is 0 Å². The van der Waals surface area contributed by atoms with Gasteiger partial charge in [0.15, 0.2) is 0 Å². The van der Waals surface area contributed by atoms with Crippen molar-refractivity contribution in [3.8, 4) is 0 Å². The Hall–Kier alpha value is -1.56. The van der Waals surface area contributed by atoms with E-state index in [1.54, 1.807) is 4.90 Å². The number of carbonyl (C=O) groups is 1. The summed E-state index contributed by atoms with van der Waals surface area (Å²) in [6, 6.07) is 0.381. The van der Waals surface area contributed by atoms with E-state index in [4.69, 9.17) is 4.74 Å². The van der Waals surface area contributed by atoms with Crippen LogP contribution in [-0.4, -0.2) is 53.1 Å². The van der Waals surface area contributed by atoms with Crippen LogP contribution in [0, 0.1) is 20.8 Å². The lowest BCUT2D eigenvalue weighted by molar-refractivity contribution is 0.115. The molecule has 0 unspecified atom stereocenters. The van der Waals surface area contributed by atoms with Crippen LogP contribution < -0.4 is 5.32 Å². The maximum absolute atomic E-state index is 11.6. The van der Waals surface area contributed by atoms with Crippen molar-refractivity contribution in [2.45, 2.75) is 53.1 Å². The topological polar surface area (TPSA) is 59.4 Å². The van der Waals surface area contributed by atoms with Gasteiger partial charge in [-0.15, -0.1) is 0 Å². The number of rotatable bonds is 6. The van der Waals surface area contributed by atoms with Crippen LogP contribution in [0.3, 0.4) is 0 Å². The highest BCUT2D eigenvalue weighted by Crippen LogP contribution is 2.12. The van der Waals surface area contributed by atoms with E-state index in [0.717, 1.165) is 44.7 Å². The summed E-state index contributed by atoms with van der Waals surface area (Å²) in [4.78, 5) is 13.4. The predicted octanol–water partition coefficient (Wildman–Crippen LogP) is 2.02. The summed E-state index contributed by atoms with van der Waals surface area (Å²) in [7, 11) is 0. The lowest BCUT2D eigenvalue weighted by Gasteiger charge is -2.16. The Morgan fingerprint density at radius 2 is 2.18 bits per heavy atom. The fourth-order valence-corrected chi connectivity index (χ4v) is 2.85. The third kappa shape index (κ3) is 4.00. The van der Waals surface area contributed by atoms with Crippen molar-refractivity contribution < 1.29 is 9.53 Å². The third-order valence-electron chi connectivity index (χ3n) is 4.44. The first-order valence-corrected chi connectivity index (χ1v) is 8.18. The zero-order valence-electron chi connectivity index (χ0n) is 14.2. The molecule has 0 saturated carbocycles. The monoisotopic (exact) mass is 308 g/mol. The molecule has 6 heteroatoms. The minimum atomic E-state index is -0.190. The number of ether oxygens (including phenoxy) is 1. The number of amides is 1. The third-order valence-corrected chi connectivity index (χ3v) is 4.44. The molecule has 1 amide bonds. The Morgan fingerprint density at radius 3 is 2.82 bits per heavy atom. The number of likely N-dealkylation sites (tertiary alicyclic amines) is 1. The van der Waals surface area contributed by atoms with Gasteiger partial charge >= 0.3 is 6.09 Å². The average Bonchev–Trinajstić information content (AvgIpc) is 3.05. The Morgan fingerprint density at radius 1 is 1.41 bits per heavy atom. The molecule has 0 spiro atoms. The standard InChI is InChI=1S/C16H28N4O2/c1-5-22-16(21)19-10-7-15(11-19)17-8-6-9-20-14(4)12(2)13(3)18-20/h15,17H,5-11H2,1-4H3/t15-/m0/s1. The minimum Gasteiger partial charge on any atom is -0.450 e. The number of nitrogens with zero attached hydrogens (tertiary/aromatic N) is 3. The van der Waals surface area contributed by atoms with Crippen molar-refractivity contribution in [1.29, 1.82) is 0 Å². The Balaban J connectivity index is 1.67. The molecule has 1 aromatic rings. The number of hydrogen-bond acceptors (Lipinski definition) is 4. The number of aromatic nitrogens is 2. The van der Waals surface area contributed by atoms with Crippen LogP contribution in [0.15, 0.2) is 0 Å². The molecule has 0 bridgehead atoms. The van der Waals surface area contributed by atoms with Crippen molar-refractivity contribution in [3.63, 3.8) is 0 Å². The van der Waals surface area contributed by atoms with Crippen LogP contribution in [0.1, 0.15) is 36.7 Å². The van der Waals surface area contributed by atoms with Gasteiger partial charge in [-0.05, 0) is 52.6 Å². The van der Waals surface area contributed by atoms with Crippen molar-refractivity contribution in [2.75, 3.05) is 26.2 Å². The average molecular weight is 308 g/mol. The Labute approximate surface area is 132 Å². The van der Waals surface area contributed by atoms with Crippen LogP contribution >= 0.6 is 0 Å². The summed E-state index contributed by atoms with van der Waals surface area (Å²) in [5.41, 5.74) is 3.66. The largest absolute Gasteiger partial charge is 0.450 e. The first kappa shape index (κ1) is 16.8. The van der Waals surface area contributed by atoms with Gasteiger partial charge in [-0.3, -0.25) is 4.68 Å². The van der Waals surface area contributed by atoms with Crippen molar-refractivity contribution >= 4 is 6.09 Å². The van der Waals surface area contributed by atoms with Gasteiger partial charge in [0.2, 0.25) is 0 Å². The molecular weight excluding hydrogens is 280 g/mol. The highest BCUT2D eigenvalue weighted by molar-refractivity contribution is 5.68. The second-order valence-electron chi connectivity index (χ2n) is 5.96. The fourth-order valence-electron chi connectivity index (χ4n) is 2.85. The maximum Gasteiger partial charge on any atom is 0.409 e. The maximum atomic E-state index is 11.6. The quantitative estimate of drug-likeness (QED) is 0.817. The van der Waals surface area contributed by atoms with Crippen molar-refractivity contribution in [1.82, 2.24) is 20.0 Å². The SMILES string of the molecule is CCOC(=O)N1CC[C@H](NCCCn2nc(C)c(C)c2C)C1. The highest BCUT2D eigenvalue weighted by Gasteiger charge is 2.26. The molecule has 0 radical (unpaired) electrons. The van der Waals surface area contributed by atoms with E-state index in [1.165, 1.54) is 11.3 Å². The highest BCUT2D eigenvalue weighted by atomic mass is 16.6. The molecule has 2 heterocycles. The summed E-state index contributed by atoms with van der Waals surface area (Å²) < 4.78 is 7.12. The van der Waals surface area contributed by atoms with Gasteiger partial charge in [-0.25, -0.2) is 4.79 Å². The number of nitrogens with one attached hydrogen (secondary N) is 1. The van der Waals surface area contributed by atoms with Crippen LogP contribution in [0.2, 0.25) is 0 Å². The van der Waals surface area contributed by atoms with Crippen LogP contribution in [0.4, 0.5) is 4.79 Å². The molecule has 22 heavy (non-hydrogen) atoms. The molecule has 0 aliphatic carbocycles. The first-order valence-electron chi connectivity index (χ1n) is 8.18. The lowest BCUT2D eigenvalue weighted by atomic mass is 10.2. The molecule has 124 valence electrons. The Bertz CT molecular complexity index is 512. The number of hydrogen-bond donors (Lipinski definition) is 1. The van der Waals surface area contributed by atoms with Gasteiger partial charge in [0.1, 0.15) is 0 Å². The van der Waals surface area contributed by atoms with Crippen LogP contribution in [-0.2, 0) is 11.3 Å². The van der Waals surface area contributed by atoms with Crippen LogP contribution in [0.5, 0.6) is 0 Å². The molecule has 2 rings (SSSR count). The fraction of sp³-hybridized carbons (Fsp3) is 0.750. The molecule has 1 N–H and O–H groups in total. The van der Waals surface area contributed by atoms with E-state index >= 15 is 0 Å². The van der Waals surface area contributed by atoms with E-state index in [1.807, 2.05) is 6.92 Å². The molecule has 1 saturated heterocycles. The van der Waals surface area contributed by atoms with Gasteiger partial charge in [0.05, 0.1) is 12.3 Å². The van der Waals surface area contributed by atoms with Crippen molar-refractivity contribution in [3.05, 3.63) is 17.0 Å². The van der Waals surface area contributed by atoms with E-state index in [2.05, 4.69) is 35.9 Å². The minimum absolute atomic E-state index is 0.190. The number of carbonyl (C=O) groups excluding carboxylic acids is 1. The second kappa shape index (κ2) is 7.63. The van der Waals surface area contributed by atoms with Gasteiger partial charge in [-0.2, -0.15) is 5.10 Å². The lowest BCUT2D eigenvalue weighted by Crippen LogP contribution is -2.36. The van der Waals surface area contributed by atoms with Crippen LogP contribution in [0.25, 0.3) is 0 Å². The summed E-state index contributed by atoms with van der Waals surface area (Å²) in [6.07, 6.45) is 1.85. The molecular formula is C16H28N4O2. The van der Waals surface area contributed by atoms with E-state index in [9.17, 15) is 4.79 Å². The van der Waals surface area contributed by atoms with E-state index in [-0.39, 0.29) is 6.09 Å². The predicted molar refractivity (Wildman–Crippen MR) is 86.1 cm³/mol. The zero-order chi connectivity index (χ0) is 16.1. The molecule has 1 aliphatic heterocycles. The van der Waals surface area contributed by atoms with Gasteiger partial charge in [0, 0.05) is 31.4 Å². The summed E-state index contributed by atoms with van der Waals surface area (Å²) in [5, 5.41) is 8.08. The molecule has 0 aromatic carbocycles. The first-order chi connectivity index (χ1) is 10.5.